The number of hydrogen-bond acceptors (Lipinski definition) is 2. The molecule has 13 heavy (non-hydrogen) atoms. The number of carbonyl (C=O) groups excluding carboxylic acids is 1. The number of rotatable bonds is 3. The van der Waals surface area contributed by atoms with Gasteiger partial charge in [0.1, 0.15) is 6.10 Å². The van der Waals surface area contributed by atoms with E-state index in [-0.39, 0.29) is 0 Å². The molecule has 0 bridgehead atoms. The molecule has 0 saturated heterocycles. The lowest BCUT2D eigenvalue weighted by molar-refractivity contribution is -0.116. The fraction of sp³-hybridized carbons (Fsp3) is 0.300. The first-order valence-electron chi connectivity index (χ1n) is 3.93. The molecule has 0 fully saturated rings. The maximum atomic E-state index is 10.6. The van der Waals surface area contributed by atoms with Crippen LogP contribution in [0.4, 0.5) is 0 Å². The van der Waals surface area contributed by atoms with E-state index in [0.717, 1.165) is 17.4 Å². The van der Waals surface area contributed by atoms with Gasteiger partial charge in [0.05, 0.1) is 0 Å². The highest BCUT2D eigenvalue weighted by Gasteiger charge is 2.11. The Balaban J connectivity index is 3.06. The molecule has 0 aromatic heterocycles. The molecule has 1 atom stereocenters. The average Bonchev–Trinajstić information content (AvgIpc) is 2.10. The van der Waals surface area contributed by atoms with E-state index in [4.69, 9.17) is 16.3 Å². The number of hydrogen-bond donors (Lipinski definition) is 0. The molecule has 0 amide bonds. The van der Waals surface area contributed by atoms with Crippen LogP contribution in [-0.2, 0) is 9.53 Å². The Kier molecular flexibility index (Phi) is 3.46. The highest BCUT2D eigenvalue weighted by molar-refractivity contribution is 6.30. The van der Waals surface area contributed by atoms with Crippen molar-refractivity contribution in [1.82, 2.24) is 0 Å². The van der Waals surface area contributed by atoms with Gasteiger partial charge in [-0.1, -0.05) is 17.7 Å². The third kappa shape index (κ3) is 2.29. The highest BCUT2D eigenvalue weighted by Crippen LogP contribution is 2.21. The van der Waals surface area contributed by atoms with Gasteiger partial charge in [-0.2, -0.15) is 0 Å². The summed E-state index contributed by atoms with van der Waals surface area (Å²) in [5.41, 5.74) is 1.83. The van der Waals surface area contributed by atoms with Crippen LogP contribution in [0.3, 0.4) is 0 Å². The van der Waals surface area contributed by atoms with E-state index in [9.17, 15) is 4.79 Å². The predicted molar refractivity (Wildman–Crippen MR) is 52.0 cm³/mol. The van der Waals surface area contributed by atoms with Gasteiger partial charge in [0.15, 0.2) is 6.29 Å². The Hall–Kier alpha value is -0.860. The summed E-state index contributed by atoms with van der Waals surface area (Å²) in [5, 5.41) is 0.669. The van der Waals surface area contributed by atoms with Crippen molar-refractivity contribution in [2.75, 3.05) is 7.11 Å². The molecule has 2 nitrogen and oxygen atoms in total. The summed E-state index contributed by atoms with van der Waals surface area (Å²) in [6.45, 7) is 1.90. The first-order chi connectivity index (χ1) is 6.19. The molecule has 0 heterocycles. The summed E-state index contributed by atoms with van der Waals surface area (Å²) >= 11 is 5.78. The lowest BCUT2D eigenvalue weighted by Gasteiger charge is -2.11. The van der Waals surface area contributed by atoms with Gasteiger partial charge in [0.25, 0.3) is 0 Å². The number of benzene rings is 1. The number of methoxy groups -OCH3 is 1. The predicted octanol–water partition coefficient (Wildman–Crippen LogP) is 2.53. The van der Waals surface area contributed by atoms with Gasteiger partial charge < -0.3 is 9.53 Å². The maximum Gasteiger partial charge on any atom is 0.153 e. The first kappa shape index (κ1) is 10.2. The van der Waals surface area contributed by atoms with Gasteiger partial charge in [-0.25, -0.2) is 0 Å². The standard InChI is InChI=1S/C10H11ClO2/c1-7-5-8(11)3-4-9(7)10(6-12)13-2/h3-6,10H,1-2H3. The lowest BCUT2D eigenvalue weighted by atomic mass is 10.0. The summed E-state index contributed by atoms with van der Waals surface area (Å²) in [5.74, 6) is 0. The Bertz CT molecular complexity index is 310. The van der Waals surface area contributed by atoms with Crippen LogP contribution in [0.15, 0.2) is 18.2 Å². The van der Waals surface area contributed by atoms with Gasteiger partial charge in [0.2, 0.25) is 0 Å². The number of aryl methyl sites for hydroxylation is 1. The smallest absolute Gasteiger partial charge is 0.153 e. The van der Waals surface area contributed by atoms with E-state index in [0.29, 0.717) is 5.02 Å². The average molecular weight is 199 g/mol. The molecule has 0 saturated carbocycles. The van der Waals surface area contributed by atoms with E-state index >= 15 is 0 Å². The second kappa shape index (κ2) is 4.40. The lowest BCUT2D eigenvalue weighted by Crippen LogP contribution is -2.04. The van der Waals surface area contributed by atoms with Crippen LogP contribution >= 0.6 is 11.6 Å². The normalized spacial score (nSPS) is 12.5. The number of carbonyl (C=O) groups is 1. The molecule has 0 radical (unpaired) electrons. The van der Waals surface area contributed by atoms with Gasteiger partial charge >= 0.3 is 0 Å². The van der Waals surface area contributed by atoms with E-state index < -0.39 is 6.10 Å². The maximum absolute atomic E-state index is 10.6. The SMILES string of the molecule is COC(C=O)c1ccc(Cl)cc1C. The Morgan fingerprint density at radius 2 is 2.23 bits per heavy atom. The van der Waals surface area contributed by atoms with E-state index in [1.165, 1.54) is 7.11 Å². The fourth-order valence-corrected chi connectivity index (χ4v) is 1.44. The molecule has 3 heteroatoms. The van der Waals surface area contributed by atoms with Crippen LogP contribution < -0.4 is 0 Å². The first-order valence-corrected chi connectivity index (χ1v) is 4.31. The molecule has 0 N–H and O–H groups in total. The van der Waals surface area contributed by atoms with Crippen molar-refractivity contribution in [1.29, 1.82) is 0 Å². The van der Waals surface area contributed by atoms with Crippen LogP contribution in [0.1, 0.15) is 17.2 Å². The summed E-state index contributed by atoms with van der Waals surface area (Å²) < 4.78 is 5.00. The third-order valence-electron chi connectivity index (χ3n) is 1.92. The van der Waals surface area contributed by atoms with Crippen molar-refractivity contribution in [3.05, 3.63) is 34.3 Å². The van der Waals surface area contributed by atoms with Gasteiger partial charge in [-0.15, -0.1) is 0 Å². The molecular formula is C10H11ClO2. The monoisotopic (exact) mass is 198 g/mol. The van der Waals surface area contributed by atoms with Crippen molar-refractivity contribution in [2.24, 2.45) is 0 Å². The Morgan fingerprint density at radius 1 is 1.54 bits per heavy atom. The Labute approximate surface area is 82.5 Å². The van der Waals surface area contributed by atoms with Crippen LogP contribution in [0, 0.1) is 6.92 Å². The second-order valence-corrected chi connectivity index (χ2v) is 3.23. The van der Waals surface area contributed by atoms with Crippen molar-refractivity contribution in [3.8, 4) is 0 Å². The molecule has 1 rings (SSSR count). The van der Waals surface area contributed by atoms with Crippen LogP contribution in [-0.4, -0.2) is 13.4 Å². The minimum atomic E-state index is -0.489. The zero-order valence-corrected chi connectivity index (χ0v) is 8.34. The zero-order chi connectivity index (χ0) is 9.84. The molecule has 1 unspecified atom stereocenters. The third-order valence-corrected chi connectivity index (χ3v) is 2.15. The minimum absolute atomic E-state index is 0.489. The molecule has 0 aliphatic carbocycles. The summed E-state index contributed by atoms with van der Waals surface area (Å²) in [7, 11) is 1.51. The Morgan fingerprint density at radius 3 is 2.69 bits per heavy atom. The number of ether oxygens (including phenoxy) is 1. The van der Waals surface area contributed by atoms with Crippen molar-refractivity contribution >= 4 is 17.9 Å². The van der Waals surface area contributed by atoms with Crippen LogP contribution in [0.2, 0.25) is 5.02 Å². The van der Waals surface area contributed by atoms with Crippen LogP contribution in [0.25, 0.3) is 0 Å². The zero-order valence-electron chi connectivity index (χ0n) is 7.58. The highest BCUT2D eigenvalue weighted by atomic mass is 35.5. The second-order valence-electron chi connectivity index (χ2n) is 2.79. The largest absolute Gasteiger partial charge is 0.369 e. The molecule has 1 aromatic carbocycles. The molecular weight excluding hydrogens is 188 g/mol. The molecule has 1 aromatic rings. The van der Waals surface area contributed by atoms with Gasteiger partial charge in [0, 0.05) is 12.1 Å². The fourth-order valence-electron chi connectivity index (χ4n) is 1.21. The number of halogens is 1. The van der Waals surface area contributed by atoms with Gasteiger partial charge in [-0.3, -0.25) is 0 Å². The summed E-state index contributed by atoms with van der Waals surface area (Å²) in [6.07, 6.45) is 0.285. The van der Waals surface area contributed by atoms with Crippen molar-refractivity contribution < 1.29 is 9.53 Å². The van der Waals surface area contributed by atoms with Gasteiger partial charge in [-0.05, 0) is 30.2 Å². The van der Waals surface area contributed by atoms with Crippen molar-refractivity contribution in [2.45, 2.75) is 13.0 Å². The summed E-state index contributed by atoms with van der Waals surface area (Å²) in [6, 6.07) is 5.37. The molecule has 0 aliphatic rings. The minimum Gasteiger partial charge on any atom is -0.369 e. The van der Waals surface area contributed by atoms with Crippen molar-refractivity contribution in [3.63, 3.8) is 0 Å². The molecule has 0 spiro atoms. The summed E-state index contributed by atoms with van der Waals surface area (Å²) in [4.78, 5) is 10.6. The quantitative estimate of drug-likeness (QED) is 0.698. The molecule has 70 valence electrons. The van der Waals surface area contributed by atoms with E-state index in [2.05, 4.69) is 0 Å². The van der Waals surface area contributed by atoms with Crippen LogP contribution in [0.5, 0.6) is 0 Å². The van der Waals surface area contributed by atoms with E-state index in [1.807, 2.05) is 13.0 Å². The number of aldehydes is 1. The topological polar surface area (TPSA) is 26.3 Å². The van der Waals surface area contributed by atoms with E-state index in [1.54, 1.807) is 12.1 Å². The molecule has 0 aliphatic heterocycles.